The first-order valence-electron chi connectivity index (χ1n) is 7.10. The Bertz CT molecular complexity index is 538. The minimum Gasteiger partial charge on any atom is -0.310 e. The van der Waals surface area contributed by atoms with Gasteiger partial charge in [0.2, 0.25) is 0 Å². The fraction of sp³-hybridized carbons (Fsp3) is 0.467. The van der Waals surface area contributed by atoms with Gasteiger partial charge >= 0.3 is 0 Å². The van der Waals surface area contributed by atoms with E-state index in [1.54, 1.807) is 6.33 Å². The molecular weight excluding hydrogens is 272 g/mol. The molecule has 0 fully saturated rings. The lowest BCUT2D eigenvalue weighted by Gasteiger charge is -2.20. The molecule has 108 valence electrons. The van der Waals surface area contributed by atoms with Gasteiger partial charge < -0.3 is 5.32 Å². The number of aryl methyl sites for hydroxylation is 1. The average Bonchev–Trinajstić information content (AvgIpc) is 2.91. The van der Waals surface area contributed by atoms with E-state index in [1.807, 2.05) is 22.9 Å². The van der Waals surface area contributed by atoms with Crippen LogP contribution in [-0.2, 0) is 13.0 Å². The maximum atomic E-state index is 6.33. The molecule has 0 radical (unpaired) electrons. The summed E-state index contributed by atoms with van der Waals surface area (Å²) in [6, 6.07) is 8.15. The zero-order valence-electron chi connectivity index (χ0n) is 12.0. The van der Waals surface area contributed by atoms with Crippen molar-refractivity contribution in [2.75, 3.05) is 6.54 Å². The monoisotopic (exact) mass is 292 g/mol. The summed E-state index contributed by atoms with van der Waals surface area (Å²) in [5, 5.41) is 8.57. The van der Waals surface area contributed by atoms with Gasteiger partial charge in [0, 0.05) is 24.0 Å². The van der Waals surface area contributed by atoms with E-state index < -0.39 is 0 Å². The molecule has 1 N–H and O–H groups in total. The van der Waals surface area contributed by atoms with Gasteiger partial charge in [-0.3, -0.25) is 4.68 Å². The second-order valence-electron chi connectivity index (χ2n) is 4.72. The molecule has 4 nitrogen and oxygen atoms in total. The molecule has 0 bridgehead atoms. The van der Waals surface area contributed by atoms with Crippen molar-refractivity contribution in [2.24, 2.45) is 0 Å². The molecule has 0 saturated heterocycles. The normalized spacial score (nSPS) is 12.6. The highest BCUT2D eigenvalue weighted by Crippen LogP contribution is 2.25. The van der Waals surface area contributed by atoms with Crippen LogP contribution in [0.4, 0.5) is 0 Å². The number of hydrogen-bond acceptors (Lipinski definition) is 3. The van der Waals surface area contributed by atoms with Crippen LogP contribution < -0.4 is 5.32 Å². The molecule has 2 rings (SSSR count). The summed E-state index contributed by atoms with van der Waals surface area (Å²) in [6.45, 7) is 6.02. The highest BCUT2D eigenvalue weighted by atomic mass is 35.5. The molecule has 0 aliphatic carbocycles. The van der Waals surface area contributed by atoms with E-state index >= 15 is 0 Å². The third-order valence-corrected chi connectivity index (χ3v) is 3.65. The van der Waals surface area contributed by atoms with E-state index in [9.17, 15) is 0 Å². The molecular formula is C15H21ClN4. The van der Waals surface area contributed by atoms with Crippen LogP contribution in [0.3, 0.4) is 0 Å². The summed E-state index contributed by atoms with van der Waals surface area (Å²) in [7, 11) is 0. The van der Waals surface area contributed by atoms with Gasteiger partial charge in [0.1, 0.15) is 12.2 Å². The Labute approximate surface area is 125 Å². The quantitative estimate of drug-likeness (QED) is 0.852. The minimum absolute atomic E-state index is 0.165. The van der Waals surface area contributed by atoms with Gasteiger partial charge in [-0.15, -0.1) is 0 Å². The molecule has 1 unspecified atom stereocenters. The van der Waals surface area contributed by atoms with Crippen molar-refractivity contribution in [3.8, 4) is 0 Å². The Morgan fingerprint density at radius 1 is 1.30 bits per heavy atom. The van der Waals surface area contributed by atoms with Crippen LogP contribution >= 0.6 is 11.6 Å². The van der Waals surface area contributed by atoms with Gasteiger partial charge in [-0.2, -0.15) is 5.10 Å². The van der Waals surface area contributed by atoms with E-state index in [0.717, 1.165) is 42.3 Å². The van der Waals surface area contributed by atoms with E-state index in [1.165, 1.54) is 0 Å². The molecule has 0 aliphatic rings. The molecule has 1 heterocycles. The van der Waals surface area contributed by atoms with Crippen molar-refractivity contribution in [2.45, 2.75) is 39.3 Å². The van der Waals surface area contributed by atoms with Crippen molar-refractivity contribution >= 4 is 11.6 Å². The number of nitrogens with zero attached hydrogens (tertiary/aromatic N) is 3. The SMILES string of the molecule is CCCNC(Cc1ncnn1CC)c1ccccc1Cl. The first-order chi connectivity index (χ1) is 9.76. The standard InChI is InChI=1S/C15H21ClN4/c1-3-9-17-14(12-7-5-6-8-13(12)16)10-15-18-11-19-20(15)4-2/h5-8,11,14,17H,3-4,9-10H2,1-2H3. The zero-order valence-corrected chi connectivity index (χ0v) is 12.8. The molecule has 0 saturated carbocycles. The molecule has 0 aliphatic heterocycles. The van der Waals surface area contributed by atoms with E-state index in [0.29, 0.717) is 0 Å². The molecule has 1 aromatic carbocycles. The topological polar surface area (TPSA) is 42.7 Å². The molecule has 0 spiro atoms. The lowest BCUT2D eigenvalue weighted by Crippen LogP contribution is -2.25. The summed E-state index contributed by atoms with van der Waals surface area (Å²) in [5.74, 6) is 0.987. The van der Waals surface area contributed by atoms with Gasteiger partial charge in [0.15, 0.2) is 0 Å². The second kappa shape index (κ2) is 7.41. The highest BCUT2D eigenvalue weighted by Gasteiger charge is 2.17. The summed E-state index contributed by atoms with van der Waals surface area (Å²) in [6.07, 6.45) is 3.49. The summed E-state index contributed by atoms with van der Waals surface area (Å²) >= 11 is 6.33. The lowest BCUT2D eigenvalue weighted by molar-refractivity contribution is 0.497. The number of nitrogens with one attached hydrogen (secondary N) is 1. The van der Waals surface area contributed by atoms with Crippen molar-refractivity contribution in [3.05, 3.63) is 47.0 Å². The fourth-order valence-corrected chi connectivity index (χ4v) is 2.53. The maximum Gasteiger partial charge on any atom is 0.138 e. The van der Waals surface area contributed by atoms with Gasteiger partial charge in [-0.05, 0) is 31.5 Å². The number of hydrogen-bond donors (Lipinski definition) is 1. The third-order valence-electron chi connectivity index (χ3n) is 3.30. The molecule has 2 aromatic rings. The average molecular weight is 293 g/mol. The zero-order chi connectivity index (χ0) is 14.4. The largest absolute Gasteiger partial charge is 0.310 e. The van der Waals surface area contributed by atoms with Crippen molar-refractivity contribution in [3.63, 3.8) is 0 Å². The highest BCUT2D eigenvalue weighted by molar-refractivity contribution is 6.31. The smallest absolute Gasteiger partial charge is 0.138 e. The van der Waals surface area contributed by atoms with Gasteiger partial charge in [-0.25, -0.2) is 4.98 Å². The third kappa shape index (κ3) is 3.58. The Morgan fingerprint density at radius 3 is 2.80 bits per heavy atom. The molecule has 20 heavy (non-hydrogen) atoms. The minimum atomic E-state index is 0.165. The Morgan fingerprint density at radius 2 is 2.10 bits per heavy atom. The van der Waals surface area contributed by atoms with Crippen LogP contribution in [0.5, 0.6) is 0 Å². The fourth-order valence-electron chi connectivity index (χ4n) is 2.26. The lowest BCUT2D eigenvalue weighted by atomic mass is 10.0. The Hall–Kier alpha value is -1.39. The first-order valence-corrected chi connectivity index (χ1v) is 7.48. The predicted octanol–water partition coefficient (Wildman–Crippen LogP) is 3.23. The number of aromatic nitrogens is 3. The van der Waals surface area contributed by atoms with Crippen LogP contribution in [0.15, 0.2) is 30.6 Å². The van der Waals surface area contributed by atoms with Gasteiger partial charge in [-0.1, -0.05) is 36.7 Å². The Balaban J connectivity index is 2.22. The van der Waals surface area contributed by atoms with Crippen LogP contribution in [0.25, 0.3) is 0 Å². The van der Waals surface area contributed by atoms with E-state index in [2.05, 4.69) is 35.3 Å². The van der Waals surface area contributed by atoms with Crippen LogP contribution in [0, 0.1) is 0 Å². The second-order valence-corrected chi connectivity index (χ2v) is 5.13. The van der Waals surface area contributed by atoms with Gasteiger partial charge in [0.25, 0.3) is 0 Å². The van der Waals surface area contributed by atoms with Crippen LogP contribution in [0.1, 0.15) is 37.7 Å². The van der Waals surface area contributed by atoms with Crippen molar-refractivity contribution in [1.82, 2.24) is 20.1 Å². The summed E-state index contributed by atoms with van der Waals surface area (Å²) < 4.78 is 1.93. The van der Waals surface area contributed by atoms with Crippen molar-refractivity contribution < 1.29 is 0 Å². The number of halogens is 1. The molecule has 0 amide bonds. The summed E-state index contributed by atoms with van der Waals surface area (Å²) in [4.78, 5) is 4.36. The molecule has 5 heteroatoms. The van der Waals surface area contributed by atoms with E-state index in [-0.39, 0.29) is 6.04 Å². The maximum absolute atomic E-state index is 6.33. The summed E-state index contributed by atoms with van der Waals surface area (Å²) in [5.41, 5.74) is 1.12. The van der Waals surface area contributed by atoms with E-state index in [4.69, 9.17) is 11.6 Å². The van der Waals surface area contributed by atoms with Gasteiger partial charge in [0.05, 0.1) is 0 Å². The predicted molar refractivity (Wildman–Crippen MR) is 81.9 cm³/mol. The molecule has 1 aromatic heterocycles. The number of benzene rings is 1. The Kier molecular flexibility index (Phi) is 5.56. The van der Waals surface area contributed by atoms with Crippen molar-refractivity contribution in [1.29, 1.82) is 0 Å². The molecule has 1 atom stereocenters. The number of rotatable bonds is 7. The first kappa shape index (κ1) is 15.0. The van der Waals surface area contributed by atoms with Crippen LogP contribution in [0.2, 0.25) is 5.02 Å². The van der Waals surface area contributed by atoms with Crippen LogP contribution in [-0.4, -0.2) is 21.3 Å².